The van der Waals surface area contributed by atoms with Crippen molar-refractivity contribution in [2.24, 2.45) is 0 Å². The van der Waals surface area contributed by atoms with Crippen LogP contribution >= 0.6 is 0 Å². The van der Waals surface area contributed by atoms with Crippen LogP contribution in [0.1, 0.15) is 30.5 Å². The molecule has 2 aromatic rings. The van der Waals surface area contributed by atoms with Crippen LogP contribution in [-0.4, -0.2) is 49.1 Å². The van der Waals surface area contributed by atoms with Crippen molar-refractivity contribution in [1.82, 2.24) is 4.90 Å². The van der Waals surface area contributed by atoms with Gasteiger partial charge in [-0.1, -0.05) is 18.2 Å². The number of nitrogens with zero attached hydrogens (tertiary/aromatic N) is 2. The molecule has 0 radical (unpaired) electrons. The molecule has 1 fully saturated rings. The molecule has 2 amide bonds. The Morgan fingerprint density at radius 1 is 0.903 bits per heavy atom. The summed E-state index contributed by atoms with van der Waals surface area (Å²) in [5.74, 6) is 0.110. The first kappa shape index (κ1) is 21.1. The fourth-order valence-electron chi connectivity index (χ4n) is 3.94. The highest BCUT2D eigenvalue weighted by Gasteiger charge is 2.42. The van der Waals surface area contributed by atoms with Crippen LogP contribution in [0.2, 0.25) is 0 Å². The lowest BCUT2D eigenvalue weighted by Crippen LogP contribution is -2.40. The molecule has 6 nitrogen and oxygen atoms in total. The van der Waals surface area contributed by atoms with E-state index in [1.54, 1.807) is 24.3 Å². The number of anilines is 1. The van der Waals surface area contributed by atoms with E-state index in [0.29, 0.717) is 49.0 Å². The topological polar surface area (TPSA) is 59.1 Å². The SMILES string of the molecule is Cc1ccc(C2=C(N3CCOCC3)C(=O)N(c3ccc(OC(C)C)cc3)C2=O)cc1C. The summed E-state index contributed by atoms with van der Waals surface area (Å²) in [7, 11) is 0. The predicted molar refractivity (Wildman–Crippen MR) is 120 cm³/mol. The van der Waals surface area contributed by atoms with E-state index in [2.05, 4.69) is 0 Å². The Bertz CT molecular complexity index is 1030. The van der Waals surface area contributed by atoms with Gasteiger partial charge in [-0.2, -0.15) is 0 Å². The van der Waals surface area contributed by atoms with Crippen LogP contribution in [-0.2, 0) is 14.3 Å². The molecule has 2 aromatic carbocycles. The Kier molecular flexibility index (Phi) is 5.83. The zero-order valence-corrected chi connectivity index (χ0v) is 18.5. The third-order valence-electron chi connectivity index (χ3n) is 5.65. The van der Waals surface area contributed by atoms with E-state index >= 15 is 0 Å². The summed E-state index contributed by atoms with van der Waals surface area (Å²) in [5.41, 5.74) is 4.45. The second kappa shape index (κ2) is 8.55. The summed E-state index contributed by atoms with van der Waals surface area (Å²) in [4.78, 5) is 30.4. The Balaban J connectivity index is 1.75. The molecule has 4 rings (SSSR count). The van der Waals surface area contributed by atoms with E-state index in [4.69, 9.17) is 9.47 Å². The molecule has 0 bridgehead atoms. The van der Waals surface area contributed by atoms with Gasteiger partial charge in [-0.05, 0) is 68.7 Å². The van der Waals surface area contributed by atoms with E-state index in [9.17, 15) is 9.59 Å². The van der Waals surface area contributed by atoms with Crippen LogP contribution in [0.3, 0.4) is 0 Å². The van der Waals surface area contributed by atoms with Gasteiger partial charge in [0.2, 0.25) is 0 Å². The number of rotatable bonds is 5. The molecule has 0 saturated carbocycles. The van der Waals surface area contributed by atoms with Crippen molar-refractivity contribution in [2.75, 3.05) is 31.2 Å². The minimum atomic E-state index is -0.299. The number of benzene rings is 2. The average molecular weight is 421 g/mol. The van der Waals surface area contributed by atoms with Gasteiger partial charge in [-0.25, -0.2) is 4.90 Å². The van der Waals surface area contributed by atoms with Gasteiger partial charge >= 0.3 is 0 Å². The monoisotopic (exact) mass is 420 g/mol. The van der Waals surface area contributed by atoms with Crippen molar-refractivity contribution in [2.45, 2.75) is 33.8 Å². The third kappa shape index (κ3) is 4.08. The summed E-state index contributed by atoms with van der Waals surface area (Å²) in [5, 5.41) is 0. The summed E-state index contributed by atoms with van der Waals surface area (Å²) in [6, 6.07) is 13.0. The Morgan fingerprint density at radius 3 is 2.19 bits per heavy atom. The van der Waals surface area contributed by atoms with Crippen LogP contribution in [0, 0.1) is 13.8 Å². The Hall–Kier alpha value is -3.12. The van der Waals surface area contributed by atoms with Crippen LogP contribution in [0.5, 0.6) is 5.75 Å². The highest BCUT2D eigenvalue weighted by atomic mass is 16.5. The van der Waals surface area contributed by atoms with Crippen LogP contribution in [0.4, 0.5) is 5.69 Å². The van der Waals surface area contributed by atoms with Crippen molar-refractivity contribution < 1.29 is 19.1 Å². The average Bonchev–Trinajstić information content (AvgIpc) is 3.01. The molecule has 162 valence electrons. The van der Waals surface area contributed by atoms with E-state index < -0.39 is 0 Å². The Labute approximate surface area is 183 Å². The van der Waals surface area contributed by atoms with E-state index in [1.165, 1.54) is 4.90 Å². The number of hydrogen-bond donors (Lipinski definition) is 0. The maximum absolute atomic E-state index is 13.6. The maximum atomic E-state index is 13.6. The van der Waals surface area contributed by atoms with Gasteiger partial charge in [-0.3, -0.25) is 9.59 Å². The summed E-state index contributed by atoms with van der Waals surface area (Å²) >= 11 is 0. The van der Waals surface area contributed by atoms with Crippen molar-refractivity contribution >= 4 is 23.1 Å². The first-order chi connectivity index (χ1) is 14.9. The van der Waals surface area contributed by atoms with Crippen molar-refractivity contribution in [3.63, 3.8) is 0 Å². The molecule has 2 aliphatic heterocycles. The first-order valence-corrected chi connectivity index (χ1v) is 10.7. The van der Waals surface area contributed by atoms with Crippen molar-refractivity contribution in [1.29, 1.82) is 0 Å². The third-order valence-corrected chi connectivity index (χ3v) is 5.65. The molecular formula is C25H28N2O4. The van der Waals surface area contributed by atoms with Gasteiger partial charge in [0.05, 0.1) is 30.6 Å². The van der Waals surface area contributed by atoms with Crippen molar-refractivity contribution in [3.05, 3.63) is 64.9 Å². The van der Waals surface area contributed by atoms with Crippen molar-refractivity contribution in [3.8, 4) is 5.75 Å². The fraction of sp³-hybridized carbons (Fsp3) is 0.360. The molecule has 1 saturated heterocycles. The second-order valence-corrected chi connectivity index (χ2v) is 8.23. The quantitative estimate of drug-likeness (QED) is 0.691. The summed E-state index contributed by atoms with van der Waals surface area (Å²) < 4.78 is 11.2. The lowest BCUT2D eigenvalue weighted by Gasteiger charge is -2.29. The van der Waals surface area contributed by atoms with E-state index in [0.717, 1.165) is 16.7 Å². The fourth-order valence-corrected chi connectivity index (χ4v) is 3.94. The first-order valence-electron chi connectivity index (χ1n) is 10.7. The zero-order valence-electron chi connectivity index (χ0n) is 18.5. The number of carbonyl (C=O) groups excluding carboxylic acids is 2. The number of hydrogen-bond acceptors (Lipinski definition) is 5. The smallest absolute Gasteiger partial charge is 0.282 e. The molecular weight excluding hydrogens is 392 g/mol. The minimum absolute atomic E-state index is 0.0480. The normalized spacial score (nSPS) is 17.2. The number of ether oxygens (including phenoxy) is 2. The number of amides is 2. The lowest BCUT2D eigenvalue weighted by atomic mass is 9.99. The van der Waals surface area contributed by atoms with Crippen LogP contribution < -0.4 is 9.64 Å². The molecule has 0 spiro atoms. The second-order valence-electron chi connectivity index (χ2n) is 8.23. The van der Waals surface area contributed by atoms with Crippen LogP contribution in [0.25, 0.3) is 5.57 Å². The highest BCUT2D eigenvalue weighted by Crippen LogP contribution is 2.36. The molecule has 31 heavy (non-hydrogen) atoms. The van der Waals surface area contributed by atoms with E-state index in [1.807, 2.05) is 50.8 Å². The van der Waals surface area contributed by atoms with Gasteiger partial charge in [0.15, 0.2) is 0 Å². The highest BCUT2D eigenvalue weighted by molar-refractivity contribution is 6.45. The lowest BCUT2D eigenvalue weighted by molar-refractivity contribution is -0.121. The van der Waals surface area contributed by atoms with Gasteiger partial charge < -0.3 is 14.4 Å². The molecule has 0 aliphatic carbocycles. The molecule has 6 heteroatoms. The molecule has 0 atom stereocenters. The largest absolute Gasteiger partial charge is 0.491 e. The van der Waals surface area contributed by atoms with E-state index in [-0.39, 0.29) is 17.9 Å². The maximum Gasteiger partial charge on any atom is 0.282 e. The number of morpholine rings is 1. The van der Waals surface area contributed by atoms with Gasteiger partial charge in [0, 0.05) is 13.1 Å². The summed E-state index contributed by atoms with van der Waals surface area (Å²) in [6.45, 7) is 10.2. The van der Waals surface area contributed by atoms with Gasteiger partial charge in [0.25, 0.3) is 11.8 Å². The summed E-state index contributed by atoms with van der Waals surface area (Å²) in [6.07, 6.45) is 0.0480. The minimum Gasteiger partial charge on any atom is -0.491 e. The van der Waals surface area contributed by atoms with Gasteiger partial charge in [0.1, 0.15) is 11.4 Å². The van der Waals surface area contributed by atoms with Crippen LogP contribution in [0.15, 0.2) is 48.2 Å². The standard InChI is InChI=1S/C25H28N2O4/c1-16(2)31-21-9-7-20(8-10-21)27-24(28)22(19-6-5-17(3)18(4)15-19)23(25(27)29)26-11-13-30-14-12-26/h5-10,15-16H,11-14H2,1-4H3. The molecule has 0 aromatic heterocycles. The molecule has 2 heterocycles. The number of carbonyl (C=O) groups is 2. The Morgan fingerprint density at radius 2 is 1.58 bits per heavy atom. The number of imide groups is 1. The molecule has 0 N–H and O–H groups in total. The number of aryl methyl sites for hydroxylation is 2. The predicted octanol–water partition coefficient (Wildman–Crippen LogP) is 3.71. The molecule has 0 unspecified atom stereocenters. The molecule has 2 aliphatic rings. The van der Waals surface area contributed by atoms with Gasteiger partial charge in [-0.15, -0.1) is 0 Å². The zero-order chi connectivity index (χ0) is 22.1.